The maximum Gasteiger partial charge on any atom is 0.337 e. The number of rotatable bonds is 4. The summed E-state index contributed by atoms with van der Waals surface area (Å²) in [7, 11) is 0. The third kappa shape index (κ3) is 4.97. The number of hydrogen-bond donors (Lipinski definition) is 2. The Bertz CT molecular complexity index is 765. The number of benzene rings is 2. The van der Waals surface area contributed by atoms with E-state index in [0.29, 0.717) is 0 Å². The lowest BCUT2D eigenvalue weighted by Crippen LogP contribution is -2.00. The Morgan fingerprint density at radius 1 is 0.885 bits per heavy atom. The van der Waals surface area contributed by atoms with Crippen LogP contribution in [0.1, 0.15) is 20.7 Å². The predicted molar refractivity (Wildman–Crippen MR) is 92.8 cm³/mol. The van der Waals surface area contributed by atoms with Crippen LogP contribution in [0, 0.1) is 20.2 Å². The van der Waals surface area contributed by atoms with Gasteiger partial charge in [0.1, 0.15) is 9.50 Å². The average molecular weight is 448 g/mol. The van der Waals surface area contributed by atoms with Crippen molar-refractivity contribution in [3.63, 3.8) is 0 Å². The van der Waals surface area contributed by atoms with Gasteiger partial charge in [0.25, 0.3) is 11.4 Å². The van der Waals surface area contributed by atoms with E-state index in [1.54, 1.807) is 0 Å². The van der Waals surface area contributed by atoms with Gasteiger partial charge in [0.15, 0.2) is 0 Å². The lowest BCUT2D eigenvalue weighted by molar-refractivity contribution is -0.385. The first-order valence-corrected chi connectivity index (χ1v) is 7.57. The lowest BCUT2D eigenvalue weighted by Gasteiger charge is -1.98. The van der Waals surface area contributed by atoms with E-state index in [1.165, 1.54) is 30.3 Å². The molecule has 2 N–H and O–H groups in total. The first-order chi connectivity index (χ1) is 12.1. The van der Waals surface area contributed by atoms with Crippen LogP contribution in [0.3, 0.4) is 0 Å². The molecule has 10 nitrogen and oxygen atoms in total. The van der Waals surface area contributed by atoms with Crippen molar-refractivity contribution < 1.29 is 29.6 Å². The largest absolute Gasteiger partial charge is 0.478 e. The smallest absolute Gasteiger partial charge is 0.337 e. The quantitative estimate of drug-likeness (QED) is 0.525. The number of aromatic carboxylic acids is 2. The minimum atomic E-state index is -1.28. The molecule has 136 valence electrons. The molecule has 0 heterocycles. The van der Waals surface area contributed by atoms with Crippen LogP contribution in [-0.4, -0.2) is 32.0 Å². The maximum atomic E-state index is 10.5. The molecular weight excluding hydrogens is 440 g/mol. The van der Waals surface area contributed by atoms with Crippen molar-refractivity contribution in [2.24, 2.45) is 0 Å². The van der Waals surface area contributed by atoms with Gasteiger partial charge in [-0.2, -0.15) is 0 Å². The minimum Gasteiger partial charge on any atom is -0.478 e. The highest BCUT2D eigenvalue weighted by Crippen LogP contribution is 2.28. The molecule has 0 spiro atoms. The monoisotopic (exact) mass is 446 g/mol. The number of nitro groups is 2. The Hall–Kier alpha value is -3.05. The van der Waals surface area contributed by atoms with E-state index >= 15 is 0 Å². The number of nitrogens with zero attached hydrogens (tertiary/aromatic N) is 2. The van der Waals surface area contributed by atoms with Crippen LogP contribution in [0.2, 0.25) is 5.02 Å². The lowest BCUT2D eigenvalue weighted by atomic mass is 10.2. The number of hydrogen-bond acceptors (Lipinski definition) is 6. The van der Waals surface area contributed by atoms with Gasteiger partial charge in [-0.3, -0.25) is 20.2 Å². The molecule has 0 aromatic heterocycles. The summed E-state index contributed by atoms with van der Waals surface area (Å²) in [5.74, 6) is -2.48. The van der Waals surface area contributed by atoms with Crippen molar-refractivity contribution in [1.29, 1.82) is 0 Å². The van der Waals surface area contributed by atoms with E-state index in [-0.39, 0.29) is 26.3 Å². The second kappa shape index (κ2) is 8.87. The highest BCUT2D eigenvalue weighted by atomic mass is 79.9. The Balaban J connectivity index is 0.000000260. The molecule has 0 bridgehead atoms. The number of carboxylic acids is 2. The third-order valence-corrected chi connectivity index (χ3v) is 4.04. The second-order valence-corrected chi connectivity index (χ2v) is 5.57. The molecule has 2 aromatic rings. The zero-order chi connectivity index (χ0) is 20.0. The van der Waals surface area contributed by atoms with Crippen molar-refractivity contribution in [1.82, 2.24) is 0 Å². The van der Waals surface area contributed by atoms with Gasteiger partial charge in [-0.05, 0) is 28.1 Å². The van der Waals surface area contributed by atoms with E-state index in [0.717, 1.165) is 6.07 Å². The first kappa shape index (κ1) is 21.0. The van der Waals surface area contributed by atoms with Crippen molar-refractivity contribution in [2.75, 3.05) is 0 Å². The van der Waals surface area contributed by atoms with Crippen LogP contribution < -0.4 is 0 Å². The van der Waals surface area contributed by atoms with E-state index in [1.807, 2.05) is 0 Å². The number of carbonyl (C=O) groups is 2. The van der Waals surface area contributed by atoms with Gasteiger partial charge >= 0.3 is 11.9 Å². The van der Waals surface area contributed by atoms with Crippen molar-refractivity contribution in [2.45, 2.75) is 0 Å². The standard InChI is InChI=1S/C7H4BrNO4.C7H4ClNO4/c2*8-6-4(7(10)11)2-1-3-5(6)9(12)13/h2*1-3H,(H,10,11). The van der Waals surface area contributed by atoms with Gasteiger partial charge in [0.05, 0.1) is 21.0 Å². The normalized spacial score (nSPS) is 9.62. The molecule has 0 atom stereocenters. The molecule has 0 saturated carbocycles. The van der Waals surface area contributed by atoms with Crippen LogP contribution in [0.5, 0.6) is 0 Å². The average Bonchev–Trinajstić information content (AvgIpc) is 2.54. The summed E-state index contributed by atoms with van der Waals surface area (Å²) < 4.78 is -0.00694. The van der Waals surface area contributed by atoms with Gasteiger partial charge in [0, 0.05) is 12.1 Å². The third-order valence-electron chi connectivity index (χ3n) is 2.81. The molecular formula is C14H8BrClN2O8. The number of nitro benzene ring substituents is 2. The molecule has 2 rings (SSSR count). The van der Waals surface area contributed by atoms with Gasteiger partial charge in [-0.25, -0.2) is 9.59 Å². The predicted octanol–water partition coefficient (Wildman–Crippen LogP) is 4.00. The molecule has 0 unspecified atom stereocenters. The second-order valence-electron chi connectivity index (χ2n) is 4.40. The summed E-state index contributed by atoms with van der Waals surface area (Å²) in [6.45, 7) is 0. The van der Waals surface area contributed by atoms with Crippen LogP contribution in [0.4, 0.5) is 11.4 Å². The maximum absolute atomic E-state index is 10.5. The summed E-state index contributed by atoms with van der Waals surface area (Å²) >= 11 is 8.34. The van der Waals surface area contributed by atoms with Crippen LogP contribution in [0.25, 0.3) is 0 Å². The van der Waals surface area contributed by atoms with Gasteiger partial charge < -0.3 is 10.2 Å². The number of carboxylic acid groups (broad SMARTS) is 2. The molecule has 0 aliphatic rings. The van der Waals surface area contributed by atoms with Crippen molar-refractivity contribution >= 4 is 50.8 Å². The summed E-state index contributed by atoms with van der Waals surface area (Å²) in [6, 6.07) is 7.47. The molecule has 26 heavy (non-hydrogen) atoms. The molecule has 0 fully saturated rings. The summed E-state index contributed by atoms with van der Waals surface area (Å²) in [5, 5.41) is 37.5. The molecule has 0 radical (unpaired) electrons. The highest BCUT2D eigenvalue weighted by molar-refractivity contribution is 9.10. The molecule has 0 amide bonds. The van der Waals surface area contributed by atoms with E-state index in [2.05, 4.69) is 15.9 Å². The fourth-order valence-corrected chi connectivity index (χ4v) is 2.51. The van der Waals surface area contributed by atoms with Crippen molar-refractivity contribution in [3.05, 3.63) is 77.2 Å². The first-order valence-electron chi connectivity index (χ1n) is 6.40. The van der Waals surface area contributed by atoms with Gasteiger partial charge in [-0.1, -0.05) is 23.7 Å². The molecule has 2 aromatic carbocycles. The van der Waals surface area contributed by atoms with Gasteiger partial charge in [-0.15, -0.1) is 0 Å². The molecule has 0 aliphatic carbocycles. The Morgan fingerprint density at radius 3 is 1.73 bits per heavy atom. The Labute approximate surface area is 158 Å². The van der Waals surface area contributed by atoms with E-state index in [9.17, 15) is 29.8 Å². The zero-order valence-corrected chi connectivity index (χ0v) is 14.8. The fourth-order valence-electron chi connectivity index (χ4n) is 1.65. The fraction of sp³-hybridized carbons (Fsp3) is 0. The van der Waals surface area contributed by atoms with Crippen LogP contribution >= 0.6 is 27.5 Å². The van der Waals surface area contributed by atoms with Crippen molar-refractivity contribution in [3.8, 4) is 0 Å². The summed E-state index contributed by atoms with van der Waals surface area (Å²) in [6.07, 6.45) is 0. The minimum absolute atomic E-state index is 0.00694. The topological polar surface area (TPSA) is 161 Å². The van der Waals surface area contributed by atoms with Crippen LogP contribution in [-0.2, 0) is 0 Å². The molecule has 12 heteroatoms. The molecule has 0 aliphatic heterocycles. The summed E-state index contributed by atoms with van der Waals surface area (Å²) in [5.41, 5.74) is -1.04. The number of halogens is 2. The molecule has 0 saturated heterocycles. The Kier molecular flexibility index (Phi) is 7.16. The Morgan fingerprint density at radius 2 is 1.31 bits per heavy atom. The zero-order valence-electron chi connectivity index (χ0n) is 12.5. The SMILES string of the molecule is O=C(O)c1cccc([N+](=O)[O-])c1Br.O=C(O)c1cccc([N+](=O)[O-])c1Cl. The van der Waals surface area contributed by atoms with E-state index in [4.69, 9.17) is 21.8 Å². The van der Waals surface area contributed by atoms with E-state index < -0.39 is 27.5 Å². The summed E-state index contributed by atoms with van der Waals surface area (Å²) in [4.78, 5) is 40.4. The van der Waals surface area contributed by atoms with Gasteiger partial charge in [0.2, 0.25) is 0 Å². The van der Waals surface area contributed by atoms with Crippen LogP contribution in [0.15, 0.2) is 40.9 Å². The highest BCUT2D eigenvalue weighted by Gasteiger charge is 2.19.